The van der Waals surface area contributed by atoms with Gasteiger partial charge in [-0.25, -0.2) is 0 Å². The summed E-state index contributed by atoms with van der Waals surface area (Å²) in [6.07, 6.45) is 0. The highest BCUT2D eigenvalue weighted by molar-refractivity contribution is 9.10. The Morgan fingerprint density at radius 1 is 1.30 bits per heavy atom. The number of rotatable bonds is 3. The molecule has 0 spiro atoms. The van der Waals surface area contributed by atoms with Crippen LogP contribution in [0.3, 0.4) is 0 Å². The summed E-state index contributed by atoms with van der Waals surface area (Å²) in [5, 5.41) is 0. The third-order valence-corrected chi connectivity index (χ3v) is 6.68. The van der Waals surface area contributed by atoms with Crippen molar-refractivity contribution < 1.29 is 4.21 Å². The predicted octanol–water partition coefficient (Wildman–Crippen LogP) is 4.03. The zero-order valence-electron chi connectivity index (χ0n) is 10.7. The maximum absolute atomic E-state index is 12.5. The van der Waals surface area contributed by atoms with Crippen molar-refractivity contribution in [3.63, 3.8) is 0 Å². The Bertz CT molecular complexity index is 675. The summed E-state index contributed by atoms with van der Waals surface area (Å²) in [5.41, 5.74) is 7.88. The minimum Gasteiger partial charge on any atom is -0.398 e. The topological polar surface area (TPSA) is 43.1 Å². The van der Waals surface area contributed by atoms with Crippen LogP contribution >= 0.6 is 27.7 Å². The van der Waals surface area contributed by atoms with Crippen molar-refractivity contribution in [2.24, 2.45) is 0 Å². The summed E-state index contributed by atoms with van der Waals surface area (Å²) in [5.74, 6) is 1.98. The molecule has 2 N–H and O–H groups in total. The van der Waals surface area contributed by atoms with Crippen LogP contribution in [0.1, 0.15) is 11.5 Å². The van der Waals surface area contributed by atoms with Gasteiger partial charge in [-0.2, -0.15) is 0 Å². The van der Waals surface area contributed by atoms with Crippen molar-refractivity contribution in [1.82, 2.24) is 0 Å². The van der Waals surface area contributed by atoms with Crippen molar-refractivity contribution in [3.8, 4) is 0 Å². The van der Waals surface area contributed by atoms with Crippen LogP contribution < -0.4 is 5.73 Å². The van der Waals surface area contributed by atoms with Gasteiger partial charge in [0.25, 0.3) is 0 Å². The highest BCUT2D eigenvalue weighted by atomic mass is 79.9. The number of hydrogen-bond donors (Lipinski definition) is 1. The molecule has 0 aliphatic carbocycles. The number of hydrogen-bond acceptors (Lipinski definition) is 3. The summed E-state index contributed by atoms with van der Waals surface area (Å²) in [6, 6.07) is 13.9. The molecule has 1 aliphatic rings. The van der Waals surface area contributed by atoms with Gasteiger partial charge < -0.3 is 5.73 Å². The molecule has 20 heavy (non-hydrogen) atoms. The molecule has 2 aromatic rings. The monoisotopic (exact) mass is 367 g/mol. The van der Waals surface area contributed by atoms with Crippen LogP contribution in [0.4, 0.5) is 5.69 Å². The lowest BCUT2D eigenvalue weighted by atomic mass is 10.0. The van der Waals surface area contributed by atoms with E-state index >= 15 is 0 Å². The number of fused-ring (bicyclic) bond motifs is 1. The Labute approximate surface area is 133 Å². The van der Waals surface area contributed by atoms with Gasteiger partial charge in [0.05, 0.1) is 15.7 Å². The molecule has 2 unspecified atom stereocenters. The number of nitrogen functional groups attached to an aromatic ring is 1. The van der Waals surface area contributed by atoms with E-state index in [1.165, 1.54) is 10.5 Å². The van der Waals surface area contributed by atoms with Crippen LogP contribution in [0.25, 0.3) is 0 Å². The number of anilines is 1. The number of nitrogens with two attached hydrogens (primary N) is 1. The second kappa shape index (κ2) is 5.92. The van der Waals surface area contributed by atoms with Crippen LogP contribution in [0.5, 0.6) is 0 Å². The Morgan fingerprint density at radius 3 is 2.90 bits per heavy atom. The molecule has 104 valence electrons. The van der Waals surface area contributed by atoms with Gasteiger partial charge in [-0.15, -0.1) is 11.8 Å². The first-order valence-electron chi connectivity index (χ1n) is 6.30. The van der Waals surface area contributed by atoms with E-state index in [-0.39, 0.29) is 0 Å². The largest absolute Gasteiger partial charge is 0.398 e. The molecule has 2 aromatic carbocycles. The van der Waals surface area contributed by atoms with Gasteiger partial charge in [0.15, 0.2) is 0 Å². The number of benzene rings is 2. The van der Waals surface area contributed by atoms with Gasteiger partial charge in [-0.05, 0) is 29.8 Å². The van der Waals surface area contributed by atoms with Crippen LogP contribution in [0, 0.1) is 0 Å². The fraction of sp³-hybridized carbons (Fsp3) is 0.200. The average Bonchev–Trinajstić information content (AvgIpc) is 2.82. The van der Waals surface area contributed by atoms with Gasteiger partial charge in [-0.3, -0.25) is 4.21 Å². The molecule has 5 heteroatoms. The van der Waals surface area contributed by atoms with Crippen molar-refractivity contribution in [1.29, 1.82) is 0 Å². The van der Waals surface area contributed by atoms with E-state index in [1.54, 1.807) is 0 Å². The molecule has 2 nitrogen and oxygen atoms in total. The first-order valence-corrected chi connectivity index (χ1v) is 9.40. The molecule has 0 saturated heterocycles. The summed E-state index contributed by atoms with van der Waals surface area (Å²) in [6.45, 7) is 0. The maximum Gasteiger partial charge on any atom is 0.0618 e. The fourth-order valence-electron chi connectivity index (χ4n) is 2.37. The lowest BCUT2D eigenvalue weighted by Crippen LogP contribution is -2.10. The molecule has 1 aliphatic heterocycles. The third-order valence-electron chi connectivity index (χ3n) is 3.37. The van der Waals surface area contributed by atoms with Crippen LogP contribution in [0.2, 0.25) is 0 Å². The Kier molecular flexibility index (Phi) is 4.19. The zero-order valence-corrected chi connectivity index (χ0v) is 13.9. The quantitative estimate of drug-likeness (QED) is 0.832. The molecule has 1 heterocycles. The van der Waals surface area contributed by atoms with Gasteiger partial charge in [0.2, 0.25) is 0 Å². The number of halogens is 1. The van der Waals surface area contributed by atoms with Gasteiger partial charge in [0.1, 0.15) is 0 Å². The van der Waals surface area contributed by atoms with E-state index in [1.807, 2.05) is 30.0 Å². The zero-order chi connectivity index (χ0) is 14.1. The van der Waals surface area contributed by atoms with Crippen molar-refractivity contribution in [2.45, 2.75) is 15.7 Å². The standard InChI is InChI=1S/C15H14BrNOS2/c16-11-5-6-15(13(17)7-11)20(18)9-10-8-19-14-4-2-1-3-12(10)14/h1-7,10H,8-9,17H2. The van der Waals surface area contributed by atoms with E-state index in [4.69, 9.17) is 5.73 Å². The Balaban J connectivity index is 1.81. The minimum absolute atomic E-state index is 0.347. The van der Waals surface area contributed by atoms with E-state index in [0.29, 0.717) is 17.4 Å². The van der Waals surface area contributed by atoms with Crippen molar-refractivity contribution in [3.05, 3.63) is 52.5 Å². The average molecular weight is 368 g/mol. The summed E-state index contributed by atoms with van der Waals surface area (Å²) < 4.78 is 13.5. The van der Waals surface area contributed by atoms with E-state index < -0.39 is 10.8 Å². The highest BCUT2D eigenvalue weighted by Gasteiger charge is 2.25. The smallest absolute Gasteiger partial charge is 0.0618 e. The lowest BCUT2D eigenvalue weighted by Gasteiger charge is -2.12. The van der Waals surface area contributed by atoms with Crippen molar-refractivity contribution >= 4 is 44.2 Å². The molecule has 0 fully saturated rings. The minimum atomic E-state index is -1.06. The highest BCUT2D eigenvalue weighted by Crippen LogP contribution is 2.40. The molecule has 0 amide bonds. The molecule has 0 radical (unpaired) electrons. The first kappa shape index (κ1) is 14.2. The normalized spacial score (nSPS) is 18.8. The van der Waals surface area contributed by atoms with Crippen LogP contribution in [-0.4, -0.2) is 15.7 Å². The van der Waals surface area contributed by atoms with E-state index in [9.17, 15) is 4.21 Å². The molecule has 0 bridgehead atoms. The Morgan fingerprint density at radius 2 is 2.10 bits per heavy atom. The molecular weight excluding hydrogens is 354 g/mol. The lowest BCUT2D eigenvalue weighted by molar-refractivity contribution is 0.678. The third kappa shape index (κ3) is 2.80. The van der Waals surface area contributed by atoms with Gasteiger partial charge in [0, 0.05) is 32.5 Å². The Hall–Kier alpha value is -0.780. The van der Waals surface area contributed by atoms with Gasteiger partial charge in [-0.1, -0.05) is 34.1 Å². The predicted molar refractivity (Wildman–Crippen MR) is 89.7 cm³/mol. The molecule has 0 saturated carbocycles. The molecule has 2 atom stereocenters. The molecule has 3 rings (SSSR count). The van der Waals surface area contributed by atoms with E-state index in [0.717, 1.165) is 15.1 Å². The summed E-state index contributed by atoms with van der Waals surface area (Å²) in [4.78, 5) is 2.06. The van der Waals surface area contributed by atoms with Crippen LogP contribution in [0.15, 0.2) is 56.7 Å². The molecular formula is C15H14BrNOS2. The molecule has 0 aromatic heterocycles. The summed E-state index contributed by atoms with van der Waals surface area (Å²) in [7, 11) is -1.06. The second-order valence-electron chi connectivity index (χ2n) is 4.74. The number of thioether (sulfide) groups is 1. The summed E-state index contributed by atoms with van der Waals surface area (Å²) >= 11 is 5.22. The maximum atomic E-state index is 12.5. The van der Waals surface area contributed by atoms with E-state index in [2.05, 4.69) is 40.2 Å². The van der Waals surface area contributed by atoms with Crippen LogP contribution in [-0.2, 0) is 10.8 Å². The fourth-order valence-corrected chi connectivity index (χ4v) is 5.53. The SMILES string of the molecule is Nc1cc(Br)ccc1S(=O)CC1CSc2ccccc21. The first-order chi connectivity index (χ1) is 9.65. The second-order valence-corrected chi connectivity index (χ2v) is 8.18. The van der Waals surface area contributed by atoms with Gasteiger partial charge >= 0.3 is 0 Å². The van der Waals surface area contributed by atoms with Crippen molar-refractivity contribution in [2.75, 3.05) is 17.2 Å².